The predicted octanol–water partition coefficient (Wildman–Crippen LogP) is 1.24. The summed E-state index contributed by atoms with van der Waals surface area (Å²) in [7, 11) is 1.56. The highest BCUT2D eigenvalue weighted by Gasteiger charge is 2.70. The third kappa shape index (κ3) is 2.44. The van der Waals surface area contributed by atoms with Crippen LogP contribution in [0.1, 0.15) is 25.8 Å². The van der Waals surface area contributed by atoms with Gasteiger partial charge in [-0.2, -0.15) is 0 Å². The molecule has 0 aromatic heterocycles. The van der Waals surface area contributed by atoms with Crippen molar-refractivity contribution in [2.24, 2.45) is 17.8 Å². The molecule has 150 valence electrons. The lowest BCUT2D eigenvalue weighted by Crippen LogP contribution is -2.54. The topological polar surface area (TPSA) is 87.7 Å². The van der Waals surface area contributed by atoms with E-state index in [4.69, 9.17) is 4.74 Å². The summed E-state index contributed by atoms with van der Waals surface area (Å²) >= 11 is 0. The van der Waals surface area contributed by atoms with Gasteiger partial charge in [-0.05, 0) is 30.5 Å². The van der Waals surface area contributed by atoms with E-state index in [-0.39, 0.29) is 30.3 Å². The minimum Gasteiger partial charge on any atom is -0.385 e. The monoisotopic (exact) mass is 389 g/mol. The van der Waals surface area contributed by atoms with Gasteiger partial charge in [0.15, 0.2) is 0 Å². The smallest absolute Gasteiger partial charge is 0.250 e. The highest BCUT2D eigenvalue weighted by molar-refractivity contribution is 6.15. The van der Waals surface area contributed by atoms with Crippen molar-refractivity contribution < 1.29 is 23.5 Å². The Morgan fingerprint density at radius 3 is 2.68 bits per heavy atom. The molecule has 0 radical (unpaired) electrons. The Kier molecular flexibility index (Phi) is 4.50. The minimum absolute atomic E-state index is 0.00737. The normalized spacial score (nSPS) is 31.1. The maximum atomic E-state index is 14.0. The number of halogens is 1. The number of amides is 3. The molecule has 4 atom stereocenters. The van der Waals surface area contributed by atoms with Crippen LogP contribution < -0.4 is 10.6 Å². The van der Waals surface area contributed by atoms with Crippen LogP contribution >= 0.6 is 0 Å². The van der Waals surface area contributed by atoms with Crippen LogP contribution in [0.4, 0.5) is 10.1 Å². The van der Waals surface area contributed by atoms with Crippen molar-refractivity contribution in [2.45, 2.75) is 31.8 Å². The van der Waals surface area contributed by atoms with Crippen molar-refractivity contribution in [3.05, 3.63) is 29.6 Å². The number of ether oxygens (including phenoxy) is 1. The van der Waals surface area contributed by atoms with E-state index in [1.54, 1.807) is 7.11 Å². The zero-order valence-electron chi connectivity index (χ0n) is 16.1. The van der Waals surface area contributed by atoms with Gasteiger partial charge in [-0.1, -0.05) is 13.8 Å². The van der Waals surface area contributed by atoms with Crippen molar-refractivity contribution in [1.82, 2.24) is 10.2 Å². The Morgan fingerprint density at radius 2 is 2.00 bits per heavy atom. The molecule has 7 nitrogen and oxygen atoms in total. The first-order valence-corrected chi connectivity index (χ1v) is 9.56. The lowest BCUT2D eigenvalue weighted by atomic mass is 9.76. The Balaban J connectivity index is 1.81. The van der Waals surface area contributed by atoms with E-state index < -0.39 is 29.1 Å². The first kappa shape index (κ1) is 19.0. The number of imide groups is 1. The van der Waals surface area contributed by atoms with Crippen LogP contribution in [0.25, 0.3) is 0 Å². The van der Waals surface area contributed by atoms with Crippen molar-refractivity contribution >= 4 is 23.4 Å². The van der Waals surface area contributed by atoms with Crippen molar-refractivity contribution in [3.8, 4) is 0 Å². The summed E-state index contributed by atoms with van der Waals surface area (Å²) in [5.41, 5.74) is -0.560. The van der Waals surface area contributed by atoms with E-state index >= 15 is 0 Å². The van der Waals surface area contributed by atoms with E-state index in [1.807, 2.05) is 13.8 Å². The average molecular weight is 389 g/mol. The second kappa shape index (κ2) is 6.63. The molecule has 1 spiro atoms. The van der Waals surface area contributed by atoms with Gasteiger partial charge < -0.3 is 10.1 Å². The van der Waals surface area contributed by atoms with Gasteiger partial charge in [-0.15, -0.1) is 0 Å². The molecule has 2 N–H and O–H groups in total. The number of hydrogen-bond acceptors (Lipinski definition) is 5. The van der Waals surface area contributed by atoms with Crippen LogP contribution in [-0.4, -0.2) is 48.9 Å². The summed E-state index contributed by atoms with van der Waals surface area (Å²) in [4.78, 5) is 40.8. The lowest BCUT2D eigenvalue weighted by Gasteiger charge is -2.30. The number of benzene rings is 1. The van der Waals surface area contributed by atoms with Gasteiger partial charge in [-0.25, -0.2) is 4.39 Å². The standard InChI is InChI=1S/C20H24FN3O4/c1-10(2)16-14-15(18(26)24(17(14)25)7-4-8-28-3)20(23-16)12-9-11(21)5-6-13(12)22-19(20)27/h5-6,9-10,14-16,23H,4,7-8H2,1-3H3,(H,22,27)/t14-,15-,16+,20-/m0/s1. The van der Waals surface area contributed by atoms with Crippen LogP contribution in [0.5, 0.6) is 0 Å². The maximum Gasteiger partial charge on any atom is 0.250 e. The van der Waals surface area contributed by atoms with E-state index in [0.717, 1.165) is 0 Å². The highest BCUT2D eigenvalue weighted by atomic mass is 19.1. The summed E-state index contributed by atoms with van der Waals surface area (Å²) in [5, 5.41) is 6.04. The number of carbonyl (C=O) groups is 3. The molecule has 1 aromatic rings. The Hall–Kier alpha value is -2.32. The predicted molar refractivity (Wildman–Crippen MR) is 98.7 cm³/mol. The minimum atomic E-state index is -1.43. The molecule has 8 heteroatoms. The average Bonchev–Trinajstić information content (AvgIpc) is 3.23. The number of rotatable bonds is 5. The largest absolute Gasteiger partial charge is 0.385 e. The Bertz CT molecular complexity index is 858. The zero-order valence-corrected chi connectivity index (χ0v) is 16.1. The zero-order chi connectivity index (χ0) is 20.2. The molecule has 0 unspecified atom stereocenters. The molecule has 2 saturated heterocycles. The Morgan fingerprint density at radius 1 is 1.25 bits per heavy atom. The summed E-state index contributed by atoms with van der Waals surface area (Å²) in [5.74, 6) is -3.09. The van der Waals surface area contributed by atoms with Crippen LogP contribution in [0.15, 0.2) is 18.2 Å². The van der Waals surface area contributed by atoms with Crippen LogP contribution in [0, 0.1) is 23.6 Å². The van der Waals surface area contributed by atoms with Gasteiger partial charge in [0.2, 0.25) is 17.7 Å². The number of anilines is 1. The molecule has 2 fully saturated rings. The molecule has 3 amide bonds. The molecule has 3 heterocycles. The number of likely N-dealkylation sites (tertiary alicyclic amines) is 1. The van der Waals surface area contributed by atoms with Crippen LogP contribution in [0.2, 0.25) is 0 Å². The molecule has 0 bridgehead atoms. The molecule has 3 aliphatic heterocycles. The summed E-state index contributed by atoms with van der Waals surface area (Å²) in [6.45, 7) is 4.56. The van der Waals surface area contributed by atoms with Crippen molar-refractivity contribution in [3.63, 3.8) is 0 Å². The molecule has 3 aliphatic rings. The lowest BCUT2D eigenvalue weighted by molar-refractivity contribution is -0.143. The van der Waals surface area contributed by atoms with Crippen LogP contribution in [-0.2, 0) is 24.7 Å². The number of nitrogens with zero attached hydrogens (tertiary/aromatic N) is 1. The van der Waals surface area contributed by atoms with Gasteiger partial charge >= 0.3 is 0 Å². The summed E-state index contributed by atoms with van der Waals surface area (Å²) < 4.78 is 19.1. The fourth-order valence-corrected chi connectivity index (χ4v) is 4.93. The van der Waals surface area contributed by atoms with Gasteiger partial charge in [0.25, 0.3) is 0 Å². The van der Waals surface area contributed by atoms with E-state index in [9.17, 15) is 18.8 Å². The van der Waals surface area contributed by atoms with Gasteiger partial charge in [0, 0.05) is 37.6 Å². The Labute approximate surface area is 162 Å². The van der Waals surface area contributed by atoms with E-state index in [2.05, 4.69) is 10.6 Å². The van der Waals surface area contributed by atoms with Gasteiger partial charge in [0.05, 0.1) is 11.8 Å². The molecule has 0 saturated carbocycles. The van der Waals surface area contributed by atoms with Crippen molar-refractivity contribution in [2.75, 3.05) is 25.6 Å². The molecular weight excluding hydrogens is 365 g/mol. The molecule has 28 heavy (non-hydrogen) atoms. The summed E-state index contributed by atoms with van der Waals surface area (Å²) in [6, 6.07) is 3.68. The van der Waals surface area contributed by atoms with E-state index in [1.165, 1.54) is 23.1 Å². The number of methoxy groups -OCH3 is 1. The molecule has 0 aliphatic carbocycles. The first-order valence-electron chi connectivity index (χ1n) is 9.56. The fourth-order valence-electron chi connectivity index (χ4n) is 4.93. The highest BCUT2D eigenvalue weighted by Crippen LogP contribution is 2.53. The maximum absolute atomic E-state index is 14.0. The summed E-state index contributed by atoms with van der Waals surface area (Å²) in [6.07, 6.45) is 0.525. The second-order valence-electron chi connectivity index (χ2n) is 8.04. The SMILES string of the molecule is COCCCN1C(=O)[C@@H]2[C@@H](C(C)C)N[C@]3(C(=O)Nc4ccc(F)cc43)[C@@H]2C1=O. The molecular formula is C20H24FN3O4. The third-order valence-corrected chi connectivity index (χ3v) is 6.15. The first-order chi connectivity index (χ1) is 13.3. The van der Waals surface area contributed by atoms with Crippen molar-refractivity contribution in [1.29, 1.82) is 0 Å². The quantitative estimate of drug-likeness (QED) is 0.584. The number of hydrogen-bond donors (Lipinski definition) is 2. The van der Waals surface area contributed by atoms with Gasteiger partial charge in [0.1, 0.15) is 11.4 Å². The van der Waals surface area contributed by atoms with Crippen LogP contribution in [0.3, 0.4) is 0 Å². The number of fused-ring (bicyclic) bond motifs is 4. The fraction of sp³-hybridized carbons (Fsp3) is 0.550. The third-order valence-electron chi connectivity index (χ3n) is 6.15. The van der Waals surface area contributed by atoms with Gasteiger partial charge in [-0.3, -0.25) is 24.6 Å². The molecule has 1 aromatic carbocycles. The molecule has 4 rings (SSSR count). The number of nitrogens with one attached hydrogen (secondary N) is 2. The number of carbonyl (C=O) groups excluding carboxylic acids is 3. The second-order valence-corrected chi connectivity index (χ2v) is 8.04. The van der Waals surface area contributed by atoms with E-state index in [0.29, 0.717) is 24.3 Å².